The molecule has 0 fully saturated rings. The van der Waals surface area contributed by atoms with Gasteiger partial charge in [-0.15, -0.1) is 0 Å². The van der Waals surface area contributed by atoms with Crippen molar-refractivity contribution in [1.29, 1.82) is 5.26 Å². The van der Waals surface area contributed by atoms with Crippen LogP contribution in [0.5, 0.6) is 0 Å². The number of nitrogens with two attached hydrogens (primary N) is 1. The molecule has 3 N–H and O–H groups in total. The van der Waals surface area contributed by atoms with Gasteiger partial charge in [0.1, 0.15) is 0 Å². The van der Waals surface area contributed by atoms with Crippen molar-refractivity contribution in [2.24, 2.45) is 5.92 Å². The summed E-state index contributed by atoms with van der Waals surface area (Å²) in [7, 11) is 0. The molecule has 1 aromatic rings. The van der Waals surface area contributed by atoms with E-state index in [9.17, 15) is 4.79 Å². The zero-order valence-corrected chi connectivity index (χ0v) is 8.74. The lowest BCUT2D eigenvalue weighted by Crippen LogP contribution is -2.18. The van der Waals surface area contributed by atoms with Crippen molar-refractivity contribution < 1.29 is 4.79 Å². The molecule has 0 unspecified atom stereocenters. The Labute approximate surface area is 88.7 Å². The molecule has 78 valence electrons. The maximum Gasteiger partial charge on any atom is 0.226 e. The number of nitriles is 1. The average molecular weight is 203 g/mol. The highest BCUT2D eigenvalue weighted by Crippen LogP contribution is 2.19. The third-order valence-electron chi connectivity index (χ3n) is 1.96. The van der Waals surface area contributed by atoms with E-state index in [1.54, 1.807) is 26.0 Å². The SMILES string of the molecule is CC(C)C(=O)Nc1ccc(C#N)cc1N. The first-order chi connectivity index (χ1) is 7.04. The number of hydrogen-bond donors (Lipinski definition) is 2. The second-order valence-electron chi connectivity index (χ2n) is 3.56. The Bertz CT molecular complexity index is 418. The minimum atomic E-state index is -0.0972. The number of rotatable bonds is 2. The summed E-state index contributed by atoms with van der Waals surface area (Å²) in [6.07, 6.45) is 0. The lowest BCUT2D eigenvalue weighted by Gasteiger charge is -2.09. The van der Waals surface area contributed by atoms with Crippen molar-refractivity contribution in [3.05, 3.63) is 23.8 Å². The first-order valence-corrected chi connectivity index (χ1v) is 4.65. The third-order valence-corrected chi connectivity index (χ3v) is 1.96. The summed E-state index contributed by atoms with van der Waals surface area (Å²) in [4.78, 5) is 11.4. The number of nitrogen functional groups attached to an aromatic ring is 1. The van der Waals surface area contributed by atoms with Crippen LogP contribution in [0.15, 0.2) is 18.2 Å². The van der Waals surface area contributed by atoms with Crippen molar-refractivity contribution >= 4 is 17.3 Å². The molecule has 0 saturated heterocycles. The number of nitrogens with one attached hydrogen (secondary N) is 1. The van der Waals surface area contributed by atoms with Crippen LogP contribution in [0, 0.1) is 17.2 Å². The Morgan fingerprint density at radius 2 is 2.20 bits per heavy atom. The van der Waals surface area contributed by atoms with Gasteiger partial charge < -0.3 is 11.1 Å². The first kappa shape index (κ1) is 11.1. The molecule has 0 atom stereocenters. The van der Waals surface area contributed by atoms with Gasteiger partial charge in [-0.3, -0.25) is 4.79 Å². The van der Waals surface area contributed by atoms with E-state index in [1.807, 2.05) is 6.07 Å². The van der Waals surface area contributed by atoms with Crippen LogP contribution >= 0.6 is 0 Å². The normalized spacial score (nSPS) is 9.73. The van der Waals surface area contributed by atoms with Crippen LogP contribution in [0.3, 0.4) is 0 Å². The van der Waals surface area contributed by atoms with Gasteiger partial charge in [0.05, 0.1) is 23.0 Å². The van der Waals surface area contributed by atoms with Crippen LogP contribution in [0.25, 0.3) is 0 Å². The van der Waals surface area contributed by atoms with Crippen molar-refractivity contribution in [3.63, 3.8) is 0 Å². The molecule has 0 saturated carbocycles. The Hall–Kier alpha value is -2.02. The summed E-state index contributed by atoms with van der Waals surface area (Å²) in [5, 5.41) is 11.3. The van der Waals surface area contributed by atoms with E-state index in [1.165, 1.54) is 6.07 Å². The van der Waals surface area contributed by atoms with Crippen molar-refractivity contribution in [1.82, 2.24) is 0 Å². The standard InChI is InChI=1S/C11H13N3O/c1-7(2)11(15)14-10-4-3-8(6-12)5-9(10)13/h3-5,7H,13H2,1-2H3,(H,14,15). The zero-order chi connectivity index (χ0) is 11.4. The number of anilines is 2. The van der Waals surface area contributed by atoms with Crippen molar-refractivity contribution in [2.45, 2.75) is 13.8 Å². The Morgan fingerprint density at radius 3 is 2.67 bits per heavy atom. The molecule has 0 spiro atoms. The van der Waals surface area contributed by atoms with E-state index in [0.717, 1.165) is 0 Å². The van der Waals surface area contributed by atoms with E-state index in [-0.39, 0.29) is 11.8 Å². The topological polar surface area (TPSA) is 78.9 Å². The smallest absolute Gasteiger partial charge is 0.226 e. The molecule has 4 nitrogen and oxygen atoms in total. The lowest BCUT2D eigenvalue weighted by molar-refractivity contribution is -0.118. The van der Waals surface area contributed by atoms with E-state index >= 15 is 0 Å². The maximum atomic E-state index is 11.4. The molecule has 0 aliphatic rings. The van der Waals surface area contributed by atoms with Gasteiger partial charge in [0.2, 0.25) is 5.91 Å². The van der Waals surface area contributed by atoms with Crippen LogP contribution < -0.4 is 11.1 Å². The van der Waals surface area contributed by atoms with E-state index in [2.05, 4.69) is 5.32 Å². The third kappa shape index (κ3) is 2.71. The molecule has 4 heteroatoms. The summed E-state index contributed by atoms with van der Waals surface area (Å²) >= 11 is 0. The molecular formula is C11H13N3O. The van der Waals surface area contributed by atoms with Crippen LogP contribution in [-0.4, -0.2) is 5.91 Å². The van der Waals surface area contributed by atoms with Crippen LogP contribution in [0.4, 0.5) is 11.4 Å². The van der Waals surface area contributed by atoms with Gasteiger partial charge in [-0.25, -0.2) is 0 Å². The van der Waals surface area contributed by atoms with Crippen LogP contribution in [0.2, 0.25) is 0 Å². The van der Waals surface area contributed by atoms with E-state index in [4.69, 9.17) is 11.0 Å². The van der Waals surface area contributed by atoms with Gasteiger partial charge in [-0.1, -0.05) is 13.8 Å². The zero-order valence-electron chi connectivity index (χ0n) is 8.74. The molecule has 0 aliphatic heterocycles. The molecule has 0 bridgehead atoms. The molecule has 0 aromatic heterocycles. The monoisotopic (exact) mass is 203 g/mol. The highest BCUT2D eigenvalue weighted by Gasteiger charge is 2.09. The van der Waals surface area contributed by atoms with Crippen LogP contribution in [-0.2, 0) is 4.79 Å². The summed E-state index contributed by atoms with van der Waals surface area (Å²) in [5.41, 5.74) is 7.12. The van der Waals surface area contributed by atoms with Gasteiger partial charge >= 0.3 is 0 Å². The molecule has 0 aliphatic carbocycles. The number of carbonyl (C=O) groups is 1. The first-order valence-electron chi connectivity index (χ1n) is 4.65. The Morgan fingerprint density at radius 1 is 1.53 bits per heavy atom. The number of amides is 1. The van der Waals surface area contributed by atoms with E-state index in [0.29, 0.717) is 16.9 Å². The largest absolute Gasteiger partial charge is 0.397 e. The average Bonchev–Trinajstić information content (AvgIpc) is 2.20. The molecule has 1 rings (SSSR count). The summed E-state index contributed by atoms with van der Waals surface area (Å²) in [6.45, 7) is 3.60. The fourth-order valence-corrected chi connectivity index (χ4v) is 1.02. The fourth-order valence-electron chi connectivity index (χ4n) is 1.02. The predicted molar refractivity (Wildman–Crippen MR) is 59.0 cm³/mol. The van der Waals surface area contributed by atoms with E-state index < -0.39 is 0 Å². The fraction of sp³-hybridized carbons (Fsp3) is 0.273. The summed E-state index contributed by atoms with van der Waals surface area (Å²) in [5.74, 6) is -0.188. The molecule has 1 amide bonds. The molecular weight excluding hydrogens is 190 g/mol. The van der Waals surface area contributed by atoms with Gasteiger partial charge in [-0.05, 0) is 18.2 Å². The predicted octanol–water partition coefficient (Wildman–Crippen LogP) is 1.73. The summed E-state index contributed by atoms with van der Waals surface area (Å²) < 4.78 is 0. The highest BCUT2D eigenvalue weighted by molar-refractivity contribution is 5.95. The summed E-state index contributed by atoms with van der Waals surface area (Å²) in [6, 6.07) is 6.77. The molecule has 1 aromatic carbocycles. The highest BCUT2D eigenvalue weighted by atomic mass is 16.1. The quantitative estimate of drug-likeness (QED) is 0.718. The minimum absolute atomic E-state index is 0.0913. The minimum Gasteiger partial charge on any atom is -0.397 e. The maximum absolute atomic E-state index is 11.4. The Balaban J connectivity index is 2.89. The second kappa shape index (κ2) is 4.47. The second-order valence-corrected chi connectivity index (χ2v) is 3.56. The Kier molecular flexibility index (Phi) is 3.29. The van der Waals surface area contributed by atoms with Crippen molar-refractivity contribution in [3.8, 4) is 6.07 Å². The van der Waals surface area contributed by atoms with Gasteiger partial charge in [0.25, 0.3) is 0 Å². The number of nitrogens with zero attached hydrogens (tertiary/aromatic N) is 1. The lowest BCUT2D eigenvalue weighted by atomic mass is 10.1. The van der Waals surface area contributed by atoms with Gasteiger partial charge in [0.15, 0.2) is 0 Å². The molecule has 0 radical (unpaired) electrons. The number of hydrogen-bond acceptors (Lipinski definition) is 3. The number of carbonyl (C=O) groups excluding carboxylic acids is 1. The van der Waals surface area contributed by atoms with Gasteiger partial charge in [-0.2, -0.15) is 5.26 Å². The van der Waals surface area contributed by atoms with Gasteiger partial charge in [0, 0.05) is 5.92 Å². The van der Waals surface area contributed by atoms with Crippen molar-refractivity contribution in [2.75, 3.05) is 11.1 Å². The number of benzene rings is 1. The molecule has 0 heterocycles. The molecule has 15 heavy (non-hydrogen) atoms. The van der Waals surface area contributed by atoms with Crippen LogP contribution in [0.1, 0.15) is 19.4 Å².